The molecule has 1 aromatic heterocycles. The molecule has 1 saturated heterocycles. The van der Waals surface area contributed by atoms with Crippen LogP contribution in [-0.2, 0) is 6.42 Å². The molecule has 5 nitrogen and oxygen atoms in total. The highest BCUT2D eigenvalue weighted by atomic mass is 16.5. The molecule has 1 aromatic carbocycles. The van der Waals surface area contributed by atoms with Gasteiger partial charge in [-0.05, 0) is 37.8 Å². The van der Waals surface area contributed by atoms with E-state index in [9.17, 15) is 4.79 Å². The van der Waals surface area contributed by atoms with Gasteiger partial charge in [0.25, 0.3) is 5.91 Å². The monoisotopic (exact) mass is 341 g/mol. The second kappa shape index (κ2) is 8.19. The van der Waals surface area contributed by atoms with Crippen LogP contribution in [0.3, 0.4) is 0 Å². The Morgan fingerprint density at radius 1 is 1.40 bits per heavy atom. The number of aromatic nitrogens is 2. The van der Waals surface area contributed by atoms with Gasteiger partial charge in [0.2, 0.25) is 0 Å². The molecule has 1 atom stereocenters. The summed E-state index contributed by atoms with van der Waals surface area (Å²) in [6.07, 6.45) is 5.64. The third kappa shape index (κ3) is 4.21. The number of hydrogen-bond donors (Lipinski definition) is 1. The Bertz CT molecular complexity index is 710. The number of piperidine rings is 1. The fourth-order valence-corrected chi connectivity index (χ4v) is 3.42. The molecule has 5 heteroatoms. The molecule has 0 saturated carbocycles. The van der Waals surface area contributed by atoms with Gasteiger partial charge >= 0.3 is 0 Å². The van der Waals surface area contributed by atoms with Crippen molar-refractivity contribution in [3.8, 4) is 5.75 Å². The van der Waals surface area contributed by atoms with Crippen LogP contribution in [0.15, 0.2) is 30.5 Å². The maximum atomic E-state index is 12.9. The SMILES string of the molecule is CCCc1[nH]ncc1C(=O)N1CCC[C@H](COc2ccccc2C)C1. The van der Waals surface area contributed by atoms with Gasteiger partial charge < -0.3 is 9.64 Å². The molecule has 0 aliphatic carbocycles. The van der Waals surface area contributed by atoms with Gasteiger partial charge in [0.05, 0.1) is 18.4 Å². The Balaban J connectivity index is 1.60. The van der Waals surface area contributed by atoms with E-state index in [0.29, 0.717) is 12.5 Å². The Labute approximate surface area is 149 Å². The molecule has 3 rings (SSSR count). The number of amides is 1. The van der Waals surface area contributed by atoms with Crippen molar-refractivity contribution in [1.82, 2.24) is 15.1 Å². The number of benzene rings is 1. The zero-order valence-corrected chi connectivity index (χ0v) is 15.1. The van der Waals surface area contributed by atoms with Crippen molar-refractivity contribution < 1.29 is 9.53 Å². The third-order valence-corrected chi connectivity index (χ3v) is 4.82. The standard InChI is InChI=1S/C20H27N3O2/c1-3-7-18-17(12-21-22-18)20(24)23-11-6-9-16(13-23)14-25-19-10-5-4-8-15(19)2/h4-5,8,10,12,16H,3,6-7,9,11,13-14H2,1-2H3,(H,21,22)/t16-/m0/s1. The molecule has 0 unspecified atom stereocenters. The normalized spacial score (nSPS) is 17.5. The van der Waals surface area contributed by atoms with Gasteiger partial charge in [-0.3, -0.25) is 9.89 Å². The van der Waals surface area contributed by atoms with Crippen LogP contribution in [0.4, 0.5) is 0 Å². The van der Waals surface area contributed by atoms with Gasteiger partial charge in [0, 0.05) is 24.7 Å². The fourth-order valence-electron chi connectivity index (χ4n) is 3.42. The van der Waals surface area contributed by atoms with Crippen molar-refractivity contribution in [2.24, 2.45) is 5.92 Å². The van der Waals surface area contributed by atoms with Crippen LogP contribution < -0.4 is 4.74 Å². The van der Waals surface area contributed by atoms with Gasteiger partial charge in [0.15, 0.2) is 0 Å². The zero-order chi connectivity index (χ0) is 17.6. The Hall–Kier alpha value is -2.30. The first-order valence-corrected chi connectivity index (χ1v) is 9.19. The average molecular weight is 341 g/mol. The van der Waals surface area contributed by atoms with Crippen molar-refractivity contribution in [2.45, 2.75) is 39.5 Å². The lowest BCUT2D eigenvalue weighted by molar-refractivity contribution is 0.0632. The Kier molecular flexibility index (Phi) is 5.74. The molecule has 1 aliphatic rings. The molecule has 134 valence electrons. The summed E-state index contributed by atoms with van der Waals surface area (Å²) >= 11 is 0. The summed E-state index contributed by atoms with van der Waals surface area (Å²) in [7, 11) is 0. The van der Waals surface area contributed by atoms with Crippen LogP contribution in [0.2, 0.25) is 0 Å². The van der Waals surface area contributed by atoms with Crippen molar-refractivity contribution in [3.05, 3.63) is 47.3 Å². The van der Waals surface area contributed by atoms with Crippen LogP contribution in [0.5, 0.6) is 5.75 Å². The summed E-state index contributed by atoms with van der Waals surface area (Å²) < 4.78 is 6.00. The third-order valence-electron chi connectivity index (χ3n) is 4.82. The number of carbonyl (C=O) groups is 1. The minimum absolute atomic E-state index is 0.0952. The number of H-pyrrole nitrogens is 1. The first-order chi connectivity index (χ1) is 12.2. The second-order valence-electron chi connectivity index (χ2n) is 6.85. The van der Waals surface area contributed by atoms with Crippen LogP contribution in [0.1, 0.15) is 47.8 Å². The van der Waals surface area contributed by atoms with Crippen LogP contribution in [0.25, 0.3) is 0 Å². The largest absolute Gasteiger partial charge is 0.493 e. The van der Waals surface area contributed by atoms with E-state index in [4.69, 9.17) is 4.74 Å². The number of hydrogen-bond acceptors (Lipinski definition) is 3. The molecule has 2 aromatic rings. The predicted octanol–water partition coefficient (Wildman–Crippen LogP) is 3.60. The molecule has 0 bridgehead atoms. The smallest absolute Gasteiger partial charge is 0.257 e. The summed E-state index contributed by atoms with van der Waals surface area (Å²) in [6, 6.07) is 8.07. The van der Waals surface area contributed by atoms with E-state index in [1.165, 1.54) is 0 Å². The number of carbonyl (C=O) groups excluding carboxylic acids is 1. The quantitative estimate of drug-likeness (QED) is 0.873. The number of aryl methyl sites for hydroxylation is 2. The van der Waals surface area contributed by atoms with E-state index in [1.54, 1.807) is 6.20 Å². The number of likely N-dealkylation sites (tertiary alicyclic amines) is 1. The Morgan fingerprint density at radius 3 is 3.04 bits per heavy atom. The van der Waals surface area contributed by atoms with Gasteiger partial charge in [0.1, 0.15) is 5.75 Å². The van der Waals surface area contributed by atoms with Crippen molar-refractivity contribution in [3.63, 3.8) is 0 Å². The average Bonchev–Trinajstić information content (AvgIpc) is 3.09. The molecule has 1 fully saturated rings. The highest BCUT2D eigenvalue weighted by Gasteiger charge is 2.27. The number of nitrogens with one attached hydrogen (secondary N) is 1. The van der Waals surface area contributed by atoms with Gasteiger partial charge in [-0.2, -0.15) is 5.10 Å². The minimum Gasteiger partial charge on any atom is -0.493 e. The lowest BCUT2D eigenvalue weighted by atomic mass is 9.98. The van der Waals surface area contributed by atoms with E-state index in [0.717, 1.165) is 61.3 Å². The molecule has 0 radical (unpaired) electrons. The van der Waals surface area contributed by atoms with E-state index < -0.39 is 0 Å². The fraction of sp³-hybridized carbons (Fsp3) is 0.500. The van der Waals surface area contributed by atoms with E-state index in [-0.39, 0.29) is 5.91 Å². The van der Waals surface area contributed by atoms with Gasteiger partial charge in [-0.25, -0.2) is 0 Å². The van der Waals surface area contributed by atoms with Crippen LogP contribution >= 0.6 is 0 Å². The van der Waals surface area contributed by atoms with Crippen molar-refractivity contribution in [2.75, 3.05) is 19.7 Å². The maximum absolute atomic E-state index is 12.9. The van der Waals surface area contributed by atoms with E-state index in [1.807, 2.05) is 23.1 Å². The molecule has 1 N–H and O–H groups in total. The number of para-hydroxylation sites is 1. The summed E-state index contributed by atoms with van der Waals surface area (Å²) in [5.41, 5.74) is 2.82. The first kappa shape index (κ1) is 17.5. The lowest BCUT2D eigenvalue weighted by Crippen LogP contribution is -2.41. The molecule has 1 aliphatic heterocycles. The molecular weight excluding hydrogens is 314 g/mol. The first-order valence-electron chi connectivity index (χ1n) is 9.19. The molecule has 2 heterocycles. The van der Waals surface area contributed by atoms with Gasteiger partial charge in [-0.1, -0.05) is 31.5 Å². The summed E-state index contributed by atoms with van der Waals surface area (Å²) in [4.78, 5) is 14.8. The van der Waals surface area contributed by atoms with Gasteiger partial charge in [-0.15, -0.1) is 0 Å². The number of rotatable bonds is 6. The number of nitrogens with zero attached hydrogens (tertiary/aromatic N) is 2. The topological polar surface area (TPSA) is 58.2 Å². The Morgan fingerprint density at radius 2 is 2.24 bits per heavy atom. The highest BCUT2D eigenvalue weighted by Crippen LogP contribution is 2.22. The second-order valence-corrected chi connectivity index (χ2v) is 6.85. The van der Waals surface area contributed by atoms with Crippen molar-refractivity contribution >= 4 is 5.91 Å². The molecule has 1 amide bonds. The molecular formula is C20H27N3O2. The number of ether oxygens (including phenoxy) is 1. The predicted molar refractivity (Wildman–Crippen MR) is 97.9 cm³/mol. The van der Waals surface area contributed by atoms with Crippen LogP contribution in [0, 0.1) is 12.8 Å². The molecule has 0 spiro atoms. The van der Waals surface area contributed by atoms with Crippen molar-refractivity contribution in [1.29, 1.82) is 0 Å². The zero-order valence-electron chi connectivity index (χ0n) is 15.1. The van der Waals surface area contributed by atoms with Crippen LogP contribution in [-0.4, -0.2) is 40.7 Å². The summed E-state index contributed by atoms with van der Waals surface area (Å²) in [6.45, 7) is 6.38. The lowest BCUT2D eigenvalue weighted by Gasteiger charge is -2.32. The number of aromatic amines is 1. The van der Waals surface area contributed by atoms with E-state index >= 15 is 0 Å². The summed E-state index contributed by atoms with van der Waals surface area (Å²) in [5, 5.41) is 7.03. The highest BCUT2D eigenvalue weighted by molar-refractivity contribution is 5.95. The minimum atomic E-state index is 0.0952. The van der Waals surface area contributed by atoms with E-state index in [2.05, 4.69) is 30.1 Å². The summed E-state index contributed by atoms with van der Waals surface area (Å²) in [5.74, 6) is 1.41. The molecule has 25 heavy (non-hydrogen) atoms. The maximum Gasteiger partial charge on any atom is 0.257 e.